The SMILES string of the molecule is CC(C)c1cc(C(C)C)c(B(N(C)c2ccccc2)N(Cc2cc(-c3ccccc3)c(B(N(C)c3ccccc3)N(C)c3ccccc3)c(-c3ccccc3)c2)c2ccccc2)c(C(C)C)c1. The lowest BCUT2D eigenvalue weighted by molar-refractivity contribution is 0.811. The minimum Gasteiger partial charge on any atom is -0.395 e. The Morgan fingerprint density at radius 2 is 0.687 bits per heavy atom. The molecule has 0 aliphatic rings. The summed E-state index contributed by atoms with van der Waals surface area (Å²) in [6, 6.07) is 75.7. The lowest BCUT2D eigenvalue weighted by atomic mass is 9.57. The van der Waals surface area contributed by atoms with E-state index in [9.17, 15) is 0 Å². The summed E-state index contributed by atoms with van der Waals surface area (Å²) in [5, 5.41) is 0. The number of para-hydroxylation sites is 4. The van der Waals surface area contributed by atoms with Gasteiger partial charge >= 0.3 is 14.0 Å². The van der Waals surface area contributed by atoms with E-state index in [1.165, 1.54) is 66.8 Å². The van der Waals surface area contributed by atoms with Crippen molar-refractivity contribution in [1.29, 1.82) is 0 Å². The lowest BCUT2D eigenvalue weighted by Crippen LogP contribution is -2.61. The van der Waals surface area contributed by atoms with Gasteiger partial charge in [-0.2, -0.15) is 0 Å². The Morgan fingerprint density at radius 1 is 0.358 bits per heavy atom. The van der Waals surface area contributed by atoms with E-state index < -0.39 is 0 Å². The van der Waals surface area contributed by atoms with Gasteiger partial charge in [0.15, 0.2) is 0 Å². The molecule has 0 atom stereocenters. The molecule has 67 heavy (non-hydrogen) atoms. The monoisotopic (exact) mass is 877 g/mol. The second-order valence-corrected chi connectivity index (χ2v) is 19.0. The highest BCUT2D eigenvalue weighted by Crippen LogP contribution is 2.35. The quantitative estimate of drug-likeness (QED) is 0.0845. The van der Waals surface area contributed by atoms with E-state index in [1.54, 1.807) is 0 Å². The van der Waals surface area contributed by atoms with Crippen molar-refractivity contribution in [1.82, 2.24) is 0 Å². The topological polar surface area (TPSA) is 13.0 Å². The summed E-state index contributed by atoms with van der Waals surface area (Å²) in [5.74, 6) is 1.03. The molecule has 0 N–H and O–H groups in total. The number of hydrogen-bond donors (Lipinski definition) is 0. The summed E-state index contributed by atoms with van der Waals surface area (Å²) in [5.41, 5.74) is 17.5. The summed E-state index contributed by atoms with van der Waals surface area (Å²) in [4.78, 5) is 10.0. The number of rotatable bonds is 17. The van der Waals surface area contributed by atoms with Gasteiger partial charge < -0.3 is 19.2 Å². The van der Waals surface area contributed by atoms with Gasteiger partial charge in [-0.1, -0.05) is 187 Å². The van der Waals surface area contributed by atoms with Crippen molar-refractivity contribution < 1.29 is 0 Å². The third-order valence-corrected chi connectivity index (χ3v) is 13.4. The van der Waals surface area contributed by atoms with Gasteiger partial charge in [0.05, 0.1) is 0 Å². The zero-order valence-electron chi connectivity index (χ0n) is 41.0. The molecule has 8 rings (SSSR count). The molecule has 0 aliphatic heterocycles. The van der Waals surface area contributed by atoms with Gasteiger partial charge in [0.1, 0.15) is 0 Å². The molecule has 0 fully saturated rings. The number of hydrogen-bond acceptors (Lipinski definition) is 4. The molecule has 0 saturated heterocycles. The van der Waals surface area contributed by atoms with Crippen LogP contribution in [0.1, 0.15) is 81.5 Å². The molecule has 4 nitrogen and oxygen atoms in total. The van der Waals surface area contributed by atoms with Crippen molar-refractivity contribution in [2.24, 2.45) is 0 Å². The second kappa shape index (κ2) is 21.2. The van der Waals surface area contributed by atoms with E-state index in [4.69, 9.17) is 0 Å². The third-order valence-electron chi connectivity index (χ3n) is 13.4. The van der Waals surface area contributed by atoms with Crippen LogP contribution in [-0.4, -0.2) is 35.1 Å². The maximum absolute atomic E-state index is 2.66. The molecular weight excluding hydrogens is 810 g/mol. The molecule has 6 heteroatoms. The summed E-state index contributed by atoms with van der Waals surface area (Å²) in [6.45, 7) is 14.4. The highest BCUT2D eigenvalue weighted by atomic mass is 15.2. The standard InChI is InChI=1S/C61H66B2N4/c1-45(2)51-42-56(46(3)4)60(57(43-51)47(5)6)63(66(9)54-36-24-14-25-37-54)67(55-38-26-15-27-39-55)44-48-40-58(49-28-16-10-17-29-49)61(59(41-48)50-30-18-11-19-31-50)62(64(7)52-32-20-12-21-33-52)65(8)53-34-22-13-23-35-53/h10-43,45-47H,44H2,1-9H3. The van der Waals surface area contributed by atoms with Gasteiger partial charge in [0, 0.05) is 29.3 Å². The van der Waals surface area contributed by atoms with Crippen LogP contribution in [0.3, 0.4) is 0 Å². The normalized spacial score (nSPS) is 11.2. The van der Waals surface area contributed by atoms with Crippen LogP contribution in [0.15, 0.2) is 206 Å². The van der Waals surface area contributed by atoms with Crippen molar-refractivity contribution in [3.8, 4) is 22.3 Å². The smallest absolute Gasteiger partial charge is 0.395 e. The van der Waals surface area contributed by atoms with Crippen molar-refractivity contribution in [2.75, 3.05) is 40.4 Å². The molecule has 8 aromatic rings. The Bertz CT molecular complexity index is 2670. The molecule has 0 saturated carbocycles. The third kappa shape index (κ3) is 10.2. The van der Waals surface area contributed by atoms with E-state index in [0.29, 0.717) is 24.3 Å². The van der Waals surface area contributed by atoms with Crippen LogP contribution in [0.4, 0.5) is 22.7 Å². The molecule has 0 spiro atoms. The number of nitrogens with zero attached hydrogens (tertiary/aromatic N) is 4. The molecule has 0 aromatic heterocycles. The van der Waals surface area contributed by atoms with Gasteiger partial charge in [-0.25, -0.2) is 0 Å². The first kappa shape index (κ1) is 46.6. The van der Waals surface area contributed by atoms with Crippen LogP contribution in [0, 0.1) is 0 Å². The zero-order chi connectivity index (χ0) is 47.0. The predicted molar refractivity (Wildman–Crippen MR) is 294 cm³/mol. The Kier molecular flexibility index (Phi) is 14.7. The molecular formula is C61H66B2N4. The maximum Gasteiger partial charge on any atom is 0.412 e. The molecule has 0 bridgehead atoms. The van der Waals surface area contributed by atoms with E-state index in [1.807, 2.05) is 0 Å². The summed E-state index contributed by atoms with van der Waals surface area (Å²) in [6.07, 6.45) is 0. The van der Waals surface area contributed by atoms with Crippen LogP contribution in [0.25, 0.3) is 22.3 Å². The van der Waals surface area contributed by atoms with Crippen LogP contribution in [0.5, 0.6) is 0 Å². The lowest BCUT2D eigenvalue weighted by Gasteiger charge is -2.41. The van der Waals surface area contributed by atoms with Gasteiger partial charge in [0.2, 0.25) is 0 Å². The Labute approximate surface area is 402 Å². The van der Waals surface area contributed by atoms with Crippen molar-refractivity contribution in [2.45, 2.75) is 65.8 Å². The molecule has 8 aromatic carbocycles. The predicted octanol–water partition coefficient (Wildman–Crippen LogP) is 13.9. The first-order valence-corrected chi connectivity index (χ1v) is 24.1. The molecule has 0 amide bonds. The second-order valence-electron chi connectivity index (χ2n) is 19.0. The zero-order valence-corrected chi connectivity index (χ0v) is 41.0. The maximum atomic E-state index is 2.66. The highest BCUT2D eigenvalue weighted by molar-refractivity contribution is 6.82. The number of benzene rings is 8. The van der Waals surface area contributed by atoms with E-state index in [-0.39, 0.29) is 14.0 Å². The van der Waals surface area contributed by atoms with Crippen LogP contribution < -0.4 is 30.2 Å². The molecule has 336 valence electrons. The first-order chi connectivity index (χ1) is 32.5. The summed E-state index contributed by atoms with van der Waals surface area (Å²) in [7, 11) is 6.76. The van der Waals surface area contributed by atoms with Crippen molar-refractivity contribution in [3.63, 3.8) is 0 Å². The van der Waals surface area contributed by atoms with Gasteiger partial charge in [-0.05, 0) is 155 Å². The fraction of sp³-hybridized carbons (Fsp3) is 0.213. The minimum atomic E-state index is -0.187. The molecule has 0 unspecified atom stereocenters. The van der Waals surface area contributed by atoms with Gasteiger partial charge in [-0.15, -0.1) is 0 Å². The average Bonchev–Trinajstić information content (AvgIpc) is 3.37. The Balaban J connectivity index is 1.44. The van der Waals surface area contributed by atoms with Gasteiger partial charge in [0.25, 0.3) is 0 Å². The Hall–Kier alpha value is -6.91. The highest BCUT2D eigenvalue weighted by Gasteiger charge is 2.39. The van der Waals surface area contributed by atoms with Gasteiger partial charge in [-0.3, -0.25) is 0 Å². The van der Waals surface area contributed by atoms with Crippen LogP contribution in [0.2, 0.25) is 0 Å². The molecule has 0 heterocycles. The van der Waals surface area contributed by atoms with E-state index in [0.717, 1.165) is 11.4 Å². The van der Waals surface area contributed by atoms with Crippen LogP contribution >= 0.6 is 0 Å². The minimum absolute atomic E-state index is 0.151. The number of anilines is 4. The first-order valence-electron chi connectivity index (χ1n) is 24.1. The molecule has 0 radical (unpaired) electrons. The fourth-order valence-corrected chi connectivity index (χ4v) is 9.86. The summed E-state index contributed by atoms with van der Waals surface area (Å²) >= 11 is 0. The van der Waals surface area contributed by atoms with E-state index in [2.05, 4.69) is 288 Å². The molecule has 0 aliphatic carbocycles. The fourth-order valence-electron chi connectivity index (χ4n) is 9.86. The Morgan fingerprint density at radius 3 is 1.03 bits per heavy atom. The summed E-state index contributed by atoms with van der Waals surface area (Å²) < 4.78 is 0. The van der Waals surface area contributed by atoms with E-state index >= 15 is 0 Å². The largest absolute Gasteiger partial charge is 0.412 e. The van der Waals surface area contributed by atoms with Crippen molar-refractivity contribution in [3.05, 3.63) is 229 Å². The average molecular weight is 877 g/mol. The van der Waals surface area contributed by atoms with Crippen molar-refractivity contribution >= 4 is 47.6 Å². The van der Waals surface area contributed by atoms with Crippen LogP contribution in [-0.2, 0) is 6.54 Å².